The number of benzene rings is 2. The second kappa shape index (κ2) is 7.21. The molecule has 2 rings (SSSR count). The van der Waals surface area contributed by atoms with Gasteiger partial charge in [0.25, 0.3) is 0 Å². The van der Waals surface area contributed by atoms with Crippen LogP contribution in [0.25, 0.3) is 0 Å². The van der Waals surface area contributed by atoms with Gasteiger partial charge < -0.3 is 9.47 Å². The molecule has 4 nitrogen and oxygen atoms in total. The highest BCUT2D eigenvalue weighted by Gasteiger charge is 2.04. The molecule has 2 aromatic rings. The fraction of sp³-hybridized carbons (Fsp3) is 0.143. The quantitative estimate of drug-likeness (QED) is 0.478. The lowest BCUT2D eigenvalue weighted by Gasteiger charge is -2.14. The minimum Gasteiger partial charge on any atom is -0.497 e. The van der Waals surface area contributed by atoms with Gasteiger partial charge in [-0.1, -0.05) is 0 Å². The van der Waals surface area contributed by atoms with E-state index in [2.05, 4.69) is 56.0 Å². The highest BCUT2D eigenvalue weighted by Crippen LogP contribution is 2.26. The van der Waals surface area contributed by atoms with E-state index < -0.39 is 0 Å². The van der Waals surface area contributed by atoms with Gasteiger partial charge in [0.1, 0.15) is 11.5 Å². The van der Waals surface area contributed by atoms with E-state index in [-0.39, 0.29) is 0 Å². The number of ether oxygens (including phenoxy) is 2. The summed E-state index contributed by atoms with van der Waals surface area (Å²) >= 11 is 4.54. The van der Waals surface area contributed by atoms with Crippen LogP contribution in [0.5, 0.6) is 11.5 Å². The third-order valence-corrected chi connectivity index (χ3v) is 4.47. The average molecular weight is 496 g/mol. The van der Waals surface area contributed by atoms with Gasteiger partial charge in [0.05, 0.1) is 25.6 Å². The first-order valence-corrected chi connectivity index (χ1v) is 7.99. The Hall–Kier alpha value is -0.900. The second-order valence-electron chi connectivity index (χ2n) is 3.94. The number of rotatable bonds is 5. The Morgan fingerprint density at radius 3 is 1.45 bits per heavy atom. The van der Waals surface area contributed by atoms with Crippen LogP contribution < -0.4 is 20.3 Å². The average Bonchev–Trinajstić information content (AvgIpc) is 2.46. The molecule has 0 amide bonds. The Morgan fingerprint density at radius 2 is 1.15 bits per heavy atom. The van der Waals surface area contributed by atoms with E-state index in [4.69, 9.17) is 9.47 Å². The molecular weight excluding hydrogens is 482 g/mol. The summed E-state index contributed by atoms with van der Waals surface area (Å²) in [6.07, 6.45) is 0. The molecule has 0 saturated heterocycles. The monoisotopic (exact) mass is 496 g/mol. The van der Waals surface area contributed by atoms with E-state index in [1.165, 1.54) is 0 Å². The lowest BCUT2D eigenvalue weighted by atomic mass is 10.3. The molecule has 2 aromatic carbocycles. The Morgan fingerprint density at radius 1 is 0.750 bits per heavy atom. The molecule has 0 aromatic heterocycles. The van der Waals surface area contributed by atoms with E-state index in [0.717, 1.165) is 30.0 Å². The molecule has 0 unspecified atom stereocenters. The predicted octanol–water partition coefficient (Wildman–Crippen LogP) is 4.35. The maximum absolute atomic E-state index is 5.19. The van der Waals surface area contributed by atoms with Crippen molar-refractivity contribution >= 4 is 56.6 Å². The standard InChI is InChI=1S/C14H14I2N2O2/c1-19-9-3-5-13(11(15)7-9)17-18-14-6-4-10(20-2)8-12(14)16/h3-8,17-18H,1-2H3. The fourth-order valence-electron chi connectivity index (χ4n) is 1.58. The van der Waals surface area contributed by atoms with Crippen molar-refractivity contribution < 1.29 is 9.47 Å². The zero-order valence-electron chi connectivity index (χ0n) is 11.0. The fourth-order valence-corrected chi connectivity index (χ4v) is 2.83. The minimum atomic E-state index is 0.846. The number of nitrogens with one attached hydrogen (secondary N) is 2. The first kappa shape index (κ1) is 15.5. The highest BCUT2D eigenvalue weighted by atomic mass is 127. The summed E-state index contributed by atoms with van der Waals surface area (Å²) in [6, 6.07) is 11.7. The first-order valence-electron chi connectivity index (χ1n) is 5.83. The third kappa shape index (κ3) is 3.81. The molecule has 0 aliphatic heterocycles. The number of hydrogen-bond donors (Lipinski definition) is 2. The topological polar surface area (TPSA) is 42.5 Å². The summed E-state index contributed by atoms with van der Waals surface area (Å²) < 4.78 is 12.5. The van der Waals surface area contributed by atoms with Gasteiger partial charge in [0.2, 0.25) is 0 Å². The van der Waals surface area contributed by atoms with Gasteiger partial charge in [0, 0.05) is 7.14 Å². The third-order valence-electron chi connectivity index (χ3n) is 2.68. The molecule has 0 aliphatic carbocycles. The van der Waals surface area contributed by atoms with Crippen molar-refractivity contribution in [2.75, 3.05) is 25.1 Å². The van der Waals surface area contributed by atoms with E-state index >= 15 is 0 Å². The summed E-state index contributed by atoms with van der Waals surface area (Å²) in [5.41, 5.74) is 8.40. The van der Waals surface area contributed by atoms with Crippen molar-refractivity contribution in [2.45, 2.75) is 0 Å². The van der Waals surface area contributed by atoms with E-state index in [1.807, 2.05) is 36.4 Å². The van der Waals surface area contributed by atoms with Crippen LogP contribution >= 0.6 is 45.2 Å². The molecule has 0 atom stereocenters. The number of hydrazine groups is 1. The predicted molar refractivity (Wildman–Crippen MR) is 98.7 cm³/mol. The van der Waals surface area contributed by atoms with Crippen LogP contribution in [-0.4, -0.2) is 14.2 Å². The number of anilines is 2. The van der Waals surface area contributed by atoms with E-state index in [0.29, 0.717) is 0 Å². The van der Waals surface area contributed by atoms with E-state index in [1.54, 1.807) is 14.2 Å². The highest BCUT2D eigenvalue weighted by molar-refractivity contribution is 14.1. The summed E-state index contributed by atoms with van der Waals surface area (Å²) in [5, 5.41) is 0. The maximum atomic E-state index is 5.19. The summed E-state index contributed by atoms with van der Waals surface area (Å²) in [4.78, 5) is 0. The molecule has 106 valence electrons. The van der Waals surface area contributed by atoms with Gasteiger partial charge >= 0.3 is 0 Å². The van der Waals surface area contributed by atoms with Crippen molar-refractivity contribution in [3.8, 4) is 11.5 Å². The molecule has 0 radical (unpaired) electrons. The van der Waals surface area contributed by atoms with Crippen LogP contribution in [-0.2, 0) is 0 Å². The van der Waals surface area contributed by atoms with Crippen molar-refractivity contribution in [3.63, 3.8) is 0 Å². The van der Waals surface area contributed by atoms with Gasteiger partial charge in [-0.15, -0.1) is 0 Å². The first-order chi connectivity index (χ1) is 9.63. The molecule has 0 fully saturated rings. The largest absolute Gasteiger partial charge is 0.497 e. The SMILES string of the molecule is COc1ccc(NNc2ccc(OC)cc2I)c(I)c1. The number of hydrogen-bond acceptors (Lipinski definition) is 4. The van der Waals surface area contributed by atoms with Crippen LogP contribution in [0, 0.1) is 7.14 Å². The maximum Gasteiger partial charge on any atom is 0.120 e. The Kier molecular flexibility index (Phi) is 5.58. The smallest absolute Gasteiger partial charge is 0.120 e. The second-order valence-corrected chi connectivity index (χ2v) is 6.27. The summed E-state index contributed by atoms with van der Waals surface area (Å²) in [6.45, 7) is 0. The molecular formula is C14H14I2N2O2. The lowest BCUT2D eigenvalue weighted by Crippen LogP contribution is -2.10. The Balaban J connectivity index is 2.09. The van der Waals surface area contributed by atoms with E-state index in [9.17, 15) is 0 Å². The molecule has 0 saturated carbocycles. The van der Waals surface area contributed by atoms with Crippen LogP contribution in [0.4, 0.5) is 11.4 Å². The Labute approximate surface area is 145 Å². The van der Waals surface area contributed by atoms with Gasteiger partial charge in [-0.2, -0.15) is 0 Å². The van der Waals surface area contributed by atoms with Gasteiger partial charge in [-0.05, 0) is 81.6 Å². The summed E-state index contributed by atoms with van der Waals surface area (Å²) in [5.74, 6) is 1.69. The van der Waals surface area contributed by atoms with Crippen LogP contribution in [0.2, 0.25) is 0 Å². The van der Waals surface area contributed by atoms with Gasteiger partial charge in [-0.3, -0.25) is 10.9 Å². The van der Waals surface area contributed by atoms with Crippen molar-refractivity contribution in [1.29, 1.82) is 0 Å². The molecule has 0 heterocycles. The van der Waals surface area contributed by atoms with Crippen LogP contribution in [0.3, 0.4) is 0 Å². The van der Waals surface area contributed by atoms with Crippen molar-refractivity contribution in [1.82, 2.24) is 0 Å². The molecule has 6 heteroatoms. The minimum absolute atomic E-state index is 0.846. The molecule has 20 heavy (non-hydrogen) atoms. The zero-order valence-corrected chi connectivity index (χ0v) is 15.4. The normalized spacial score (nSPS) is 10.0. The molecule has 2 N–H and O–H groups in total. The van der Waals surface area contributed by atoms with Crippen LogP contribution in [0.15, 0.2) is 36.4 Å². The van der Waals surface area contributed by atoms with Crippen molar-refractivity contribution in [3.05, 3.63) is 43.5 Å². The van der Waals surface area contributed by atoms with Gasteiger partial charge in [-0.25, -0.2) is 0 Å². The van der Waals surface area contributed by atoms with Crippen molar-refractivity contribution in [2.24, 2.45) is 0 Å². The lowest BCUT2D eigenvalue weighted by molar-refractivity contribution is 0.414. The number of methoxy groups -OCH3 is 2. The molecule has 0 spiro atoms. The van der Waals surface area contributed by atoms with Gasteiger partial charge in [0.15, 0.2) is 0 Å². The van der Waals surface area contributed by atoms with Crippen LogP contribution in [0.1, 0.15) is 0 Å². The summed E-state index contributed by atoms with van der Waals surface area (Å²) in [7, 11) is 3.33. The Bertz CT molecular complexity index is 552. The molecule has 0 bridgehead atoms. The molecule has 0 aliphatic rings. The zero-order chi connectivity index (χ0) is 14.5. The number of halogens is 2.